The number of methoxy groups -OCH3 is 1. The fourth-order valence-corrected chi connectivity index (χ4v) is 1.56. The number of amides is 1. The van der Waals surface area contributed by atoms with E-state index in [0.29, 0.717) is 18.7 Å². The zero-order valence-corrected chi connectivity index (χ0v) is 10.5. The summed E-state index contributed by atoms with van der Waals surface area (Å²) in [5.74, 6) is -0.385. The Morgan fingerprint density at radius 1 is 1.44 bits per heavy atom. The first kappa shape index (κ1) is 14.4. The predicted octanol–water partition coefficient (Wildman–Crippen LogP) is 1.23. The molecule has 100 valence electrons. The van der Waals surface area contributed by atoms with Gasteiger partial charge < -0.3 is 15.8 Å². The van der Waals surface area contributed by atoms with E-state index in [2.05, 4.69) is 5.32 Å². The molecule has 0 saturated heterocycles. The van der Waals surface area contributed by atoms with E-state index in [0.717, 1.165) is 12.8 Å². The number of hydrogen-bond acceptors (Lipinski definition) is 3. The summed E-state index contributed by atoms with van der Waals surface area (Å²) in [5.41, 5.74) is 5.98. The molecule has 0 fully saturated rings. The molecular formula is C13H19FN2O2. The van der Waals surface area contributed by atoms with Crippen molar-refractivity contribution in [1.82, 2.24) is 5.32 Å². The van der Waals surface area contributed by atoms with Crippen molar-refractivity contribution in [3.63, 3.8) is 0 Å². The van der Waals surface area contributed by atoms with Crippen molar-refractivity contribution in [3.05, 3.63) is 29.6 Å². The first-order valence-corrected chi connectivity index (χ1v) is 5.96. The highest BCUT2D eigenvalue weighted by Crippen LogP contribution is 2.17. The minimum Gasteiger partial charge on any atom is -0.494 e. The van der Waals surface area contributed by atoms with Gasteiger partial charge in [0.25, 0.3) is 0 Å². The van der Waals surface area contributed by atoms with Gasteiger partial charge >= 0.3 is 0 Å². The van der Waals surface area contributed by atoms with Crippen LogP contribution in [0.5, 0.6) is 5.75 Å². The summed E-state index contributed by atoms with van der Waals surface area (Å²) >= 11 is 0. The summed E-state index contributed by atoms with van der Waals surface area (Å²) in [6.45, 7) is 1.23. The maximum Gasteiger partial charge on any atom is 0.224 e. The Labute approximate surface area is 106 Å². The van der Waals surface area contributed by atoms with E-state index >= 15 is 0 Å². The smallest absolute Gasteiger partial charge is 0.224 e. The maximum atomic E-state index is 13.4. The van der Waals surface area contributed by atoms with Crippen LogP contribution in [0.4, 0.5) is 4.39 Å². The van der Waals surface area contributed by atoms with Gasteiger partial charge in [-0.3, -0.25) is 4.79 Å². The second kappa shape index (κ2) is 7.66. The van der Waals surface area contributed by atoms with Crippen LogP contribution in [0.25, 0.3) is 0 Å². The van der Waals surface area contributed by atoms with E-state index < -0.39 is 5.82 Å². The van der Waals surface area contributed by atoms with Crippen molar-refractivity contribution < 1.29 is 13.9 Å². The molecule has 1 rings (SSSR count). The number of rotatable bonds is 7. The van der Waals surface area contributed by atoms with Gasteiger partial charge in [0.2, 0.25) is 5.91 Å². The molecule has 0 heterocycles. The SMILES string of the molecule is COc1ccc(CC(=O)NCCCCN)cc1F. The lowest BCUT2D eigenvalue weighted by atomic mass is 10.1. The molecule has 1 aromatic carbocycles. The Morgan fingerprint density at radius 3 is 2.83 bits per heavy atom. The van der Waals surface area contributed by atoms with Gasteiger partial charge in [0, 0.05) is 6.54 Å². The largest absolute Gasteiger partial charge is 0.494 e. The Morgan fingerprint density at radius 2 is 2.22 bits per heavy atom. The monoisotopic (exact) mass is 254 g/mol. The van der Waals surface area contributed by atoms with E-state index in [-0.39, 0.29) is 18.1 Å². The van der Waals surface area contributed by atoms with Crippen molar-refractivity contribution in [1.29, 1.82) is 0 Å². The molecular weight excluding hydrogens is 235 g/mol. The van der Waals surface area contributed by atoms with Gasteiger partial charge in [-0.15, -0.1) is 0 Å². The topological polar surface area (TPSA) is 64.3 Å². The van der Waals surface area contributed by atoms with Gasteiger partial charge in [0.1, 0.15) is 0 Å². The Bertz CT molecular complexity index is 397. The number of unbranched alkanes of at least 4 members (excludes halogenated alkanes) is 1. The van der Waals surface area contributed by atoms with Crippen LogP contribution in [0.2, 0.25) is 0 Å². The van der Waals surface area contributed by atoms with Crippen LogP contribution < -0.4 is 15.8 Å². The molecule has 18 heavy (non-hydrogen) atoms. The zero-order valence-electron chi connectivity index (χ0n) is 10.5. The molecule has 5 heteroatoms. The Kier molecular flexibility index (Phi) is 6.14. The number of carbonyl (C=O) groups excluding carboxylic acids is 1. The first-order valence-electron chi connectivity index (χ1n) is 5.96. The molecule has 0 atom stereocenters. The summed E-state index contributed by atoms with van der Waals surface area (Å²) in [6.07, 6.45) is 1.92. The van der Waals surface area contributed by atoms with Crippen LogP contribution in [0.15, 0.2) is 18.2 Å². The third kappa shape index (κ3) is 4.71. The second-order valence-corrected chi connectivity index (χ2v) is 3.99. The van der Waals surface area contributed by atoms with Gasteiger partial charge in [-0.25, -0.2) is 4.39 Å². The fraction of sp³-hybridized carbons (Fsp3) is 0.462. The lowest BCUT2D eigenvalue weighted by Crippen LogP contribution is -2.26. The van der Waals surface area contributed by atoms with Crippen molar-refractivity contribution >= 4 is 5.91 Å². The van der Waals surface area contributed by atoms with E-state index in [4.69, 9.17) is 10.5 Å². The number of benzene rings is 1. The molecule has 0 unspecified atom stereocenters. The summed E-state index contributed by atoms with van der Waals surface area (Å²) in [4.78, 5) is 11.5. The molecule has 0 radical (unpaired) electrons. The van der Waals surface area contributed by atoms with E-state index in [1.807, 2.05) is 0 Å². The first-order chi connectivity index (χ1) is 8.67. The summed E-state index contributed by atoms with van der Waals surface area (Å²) in [6, 6.07) is 4.52. The van der Waals surface area contributed by atoms with Crippen molar-refractivity contribution in [2.75, 3.05) is 20.2 Å². The van der Waals surface area contributed by atoms with Crippen LogP contribution >= 0.6 is 0 Å². The van der Waals surface area contributed by atoms with E-state index in [1.54, 1.807) is 6.07 Å². The second-order valence-electron chi connectivity index (χ2n) is 3.99. The minimum absolute atomic E-state index is 0.114. The number of nitrogens with one attached hydrogen (secondary N) is 1. The normalized spacial score (nSPS) is 10.2. The molecule has 0 aliphatic rings. The summed E-state index contributed by atoms with van der Waals surface area (Å²) < 4.78 is 18.2. The predicted molar refractivity (Wildman–Crippen MR) is 68.0 cm³/mol. The molecule has 3 N–H and O–H groups in total. The van der Waals surface area contributed by atoms with Crippen LogP contribution in [-0.2, 0) is 11.2 Å². The van der Waals surface area contributed by atoms with Crippen LogP contribution in [-0.4, -0.2) is 26.1 Å². The van der Waals surface area contributed by atoms with Crippen molar-refractivity contribution in [2.24, 2.45) is 5.73 Å². The molecule has 1 aromatic rings. The number of hydrogen-bond donors (Lipinski definition) is 2. The quantitative estimate of drug-likeness (QED) is 0.719. The minimum atomic E-state index is -0.453. The number of nitrogens with two attached hydrogens (primary N) is 1. The van der Waals surface area contributed by atoms with Crippen LogP contribution in [0, 0.1) is 5.82 Å². The van der Waals surface area contributed by atoms with Gasteiger partial charge in [-0.05, 0) is 37.1 Å². The molecule has 1 amide bonds. The van der Waals surface area contributed by atoms with Crippen LogP contribution in [0.1, 0.15) is 18.4 Å². The van der Waals surface area contributed by atoms with Crippen LogP contribution in [0.3, 0.4) is 0 Å². The lowest BCUT2D eigenvalue weighted by molar-refractivity contribution is -0.120. The molecule has 0 saturated carbocycles. The van der Waals surface area contributed by atoms with Gasteiger partial charge in [-0.1, -0.05) is 6.07 Å². The van der Waals surface area contributed by atoms with Gasteiger partial charge in [0.15, 0.2) is 11.6 Å². The number of carbonyl (C=O) groups is 1. The molecule has 0 aromatic heterocycles. The highest BCUT2D eigenvalue weighted by molar-refractivity contribution is 5.78. The van der Waals surface area contributed by atoms with Crippen molar-refractivity contribution in [3.8, 4) is 5.75 Å². The highest BCUT2D eigenvalue weighted by atomic mass is 19.1. The number of halogens is 1. The third-order valence-corrected chi connectivity index (χ3v) is 2.53. The molecule has 0 aliphatic heterocycles. The maximum absolute atomic E-state index is 13.4. The van der Waals surface area contributed by atoms with Crippen molar-refractivity contribution in [2.45, 2.75) is 19.3 Å². The number of ether oxygens (including phenoxy) is 1. The average Bonchev–Trinajstić information content (AvgIpc) is 2.35. The molecule has 0 aliphatic carbocycles. The van der Waals surface area contributed by atoms with Gasteiger partial charge in [0.05, 0.1) is 13.5 Å². The summed E-state index contributed by atoms with van der Waals surface area (Å²) in [5, 5.41) is 2.77. The third-order valence-electron chi connectivity index (χ3n) is 2.53. The standard InChI is InChI=1S/C13H19FN2O2/c1-18-12-5-4-10(8-11(12)14)9-13(17)16-7-3-2-6-15/h4-5,8H,2-3,6-7,9,15H2,1H3,(H,16,17). The molecule has 0 bridgehead atoms. The summed E-state index contributed by atoms with van der Waals surface area (Å²) in [7, 11) is 1.40. The zero-order chi connectivity index (χ0) is 13.4. The van der Waals surface area contributed by atoms with E-state index in [9.17, 15) is 9.18 Å². The molecule has 4 nitrogen and oxygen atoms in total. The highest BCUT2D eigenvalue weighted by Gasteiger charge is 2.07. The Hall–Kier alpha value is -1.62. The fourth-order valence-electron chi connectivity index (χ4n) is 1.56. The lowest BCUT2D eigenvalue weighted by Gasteiger charge is -2.06. The average molecular weight is 254 g/mol. The Balaban J connectivity index is 2.42. The van der Waals surface area contributed by atoms with Gasteiger partial charge in [-0.2, -0.15) is 0 Å². The van der Waals surface area contributed by atoms with E-state index in [1.165, 1.54) is 19.2 Å². The molecule has 0 spiro atoms.